The van der Waals surface area contributed by atoms with Gasteiger partial charge in [0.05, 0.1) is 5.75 Å². The lowest BCUT2D eigenvalue weighted by Crippen LogP contribution is -2.14. The molecule has 2 N–H and O–H groups in total. The van der Waals surface area contributed by atoms with Crippen molar-refractivity contribution in [2.75, 3.05) is 0 Å². The molecule has 0 saturated carbocycles. The molecule has 1 heterocycles. The molecule has 1 rings (SSSR count). The fourth-order valence-corrected chi connectivity index (χ4v) is 2.36. The Morgan fingerprint density at radius 3 is 2.53 bits per heavy atom. The van der Waals surface area contributed by atoms with Crippen LogP contribution in [0, 0.1) is 0 Å². The third-order valence-electron chi connectivity index (χ3n) is 2.84. The van der Waals surface area contributed by atoms with Crippen LogP contribution in [0.3, 0.4) is 0 Å². The van der Waals surface area contributed by atoms with Gasteiger partial charge >= 0.3 is 0 Å². The van der Waals surface area contributed by atoms with Crippen LogP contribution in [0.5, 0.6) is 0 Å². The molecule has 1 aromatic rings. The molecule has 0 aliphatic heterocycles. The van der Waals surface area contributed by atoms with Crippen molar-refractivity contribution in [3.8, 4) is 0 Å². The maximum absolute atomic E-state index is 5.75. The van der Waals surface area contributed by atoms with Gasteiger partial charge in [-0.1, -0.05) is 39.3 Å². The Hall–Kier alpha value is -0.550. The summed E-state index contributed by atoms with van der Waals surface area (Å²) in [5.74, 6) is 2.68. The van der Waals surface area contributed by atoms with E-state index in [9.17, 15) is 0 Å². The van der Waals surface area contributed by atoms with Gasteiger partial charge in [0.2, 0.25) is 5.89 Å². The van der Waals surface area contributed by atoms with Crippen LogP contribution in [0.2, 0.25) is 0 Å². The van der Waals surface area contributed by atoms with Gasteiger partial charge in [-0.05, 0) is 19.8 Å². The second-order valence-electron chi connectivity index (χ2n) is 6.26. The number of nitrogens with zero attached hydrogens (tertiary/aromatic N) is 2. The lowest BCUT2D eigenvalue weighted by Gasteiger charge is -2.15. The minimum absolute atomic E-state index is 0.226. The number of thioether (sulfide) groups is 1. The highest BCUT2D eigenvalue weighted by atomic mass is 32.2. The number of hydrogen-bond donors (Lipinski definition) is 1. The summed E-state index contributed by atoms with van der Waals surface area (Å²) >= 11 is 1.83. The number of nitrogens with two attached hydrogens (primary N) is 1. The van der Waals surface area contributed by atoms with Crippen LogP contribution in [0.15, 0.2) is 4.52 Å². The van der Waals surface area contributed by atoms with Crippen molar-refractivity contribution in [1.82, 2.24) is 10.1 Å². The van der Waals surface area contributed by atoms with Gasteiger partial charge in [-0.2, -0.15) is 4.98 Å². The Morgan fingerprint density at radius 2 is 1.95 bits per heavy atom. The van der Waals surface area contributed by atoms with Crippen LogP contribution < -0.4 is 5.73 Å². The fourth-order valence-electron chi connectivity index (χ4n) is 1.68. The highest BCUT2D eigenvalue weighted by Crippen LogP contribution is 2.27. The predicted octanol–water partition coefficient (Wildman–Crippen LogP) is 3.72. The zero-order chi connectivity index (χ0) is 14.5. The highest BCUT2D eigenvalue weighted by Gasteiger charge is 2.17. The van der Waals surface area contributed by atoms with Crippen molar-refractivity contribution in [2.24, 2.45) is 5.73 Å². The van der Waals surface area contributed by atoms with Gasteiger partial charge in [0.1, 0.15) is 0 Å². The van der Waals surface area contributed by atoms with Gasteiger partial charge in [0.15, 0.2) is 5.82 Å². The normalized spacial score (nSPS) is 15.5. The lowest BCUT2D eigenvalue weighted by molar-refractivity contribution is 0.347. The number of hydrogen-bond acceptors (Lipinski definition) is 5. The maximum atomic E-state index is 5.75. The third kappa shape index (κ3) is 6.97. The SMILES string of the molecule is CC(N)CCCC(C)c1nc(CSC(C)(C)C)no1. The Bertz CT molecular complexity index is 371. The zero-order valence-corrected chi connectivity index (χ0v) is 13.6. The van der Waals surface area contributed by atoms with E-state index in [1.165, 1.54) is 0 Å². The molecule has 0 aliphatic carbocycles. The van der Waals surface area contributed by atoms with E-state index in [-0.39, 0.29) is 10.8 Å². The first-order valence-electron chi connectivity index (χ1n) is 7.00. The molecule has 0 fully saturated rings. The third-order valence-corrected chi connectivity index (χ3v) is 4.10. The molecule has 1 aromatic heterocycles. The van der Waals surface area contributed by atoms with Crippen LogP contribution in [0.1, 0.15) is 71.5 Å². The minimum Gasteiger partial charge on any atom is -0.339 e. The van der Waals surface area contributed by atoms with Crippen LogP contribution in [0.4, 0.5) is 0 Å². The molecule has 110 valence electrons. The van der Waals surface area contributed by atoms with E-state index in [1.54, 1.807) is 0 Å². The average molecular weight is 285 g/mol. The quantitative estimate of drug-likeness (QED) is 0.827. The second-order valence-corrected chi connectivity index (χ2v) is 8.06. The van der Waals surface area contributed by atoms with Crippen molar-refractivity contribution in [1.29, 1.82) is 0 Å². The molecule has 0 bridgehead atoms. The Morgan fingerprint density at radius 1 is 1.26 bits per heavy atom. The van der Waals surface area contributed by atoms with Crippen molar-refractivity contribution < 1.29 is 4.52 Å². The van der Waals surface area contributed by atoms with E-state index >= 15 is 0 Å². The zero-order valence-electron chi connectivity index (χ0n) is 12.8. The monoisotopic (exact) mass is 285 g/mol. The summed E-state index contributed by atoms with van der Waals surface area (Å²) in [5.41, 5.74) is 5.75. The first kappa shape index (κ1) is 16.5. The Kier molecular flexibility index (Phi) is 6.33. The summed E-state index contributed by atoms with van der Waals surface area (Å²) in [6.45, 7) is 10.7. The summed E-state index contributed by atoms with van der Waals surface area (Å²) in [4.78, 5) is 4.48. The first-order valence-corrected chi connectivity index (χ1v) is 7.98. The van der Waals surface area contributed by atoms with E-state index in [4.69, 9.17) is 10.3 Å². The molecule has 19 heavy (non-hydrogen) atoms. The topological polar surface area (TPSA) is 64.9 Å². The Labute approximate surface area is 120 Å². The highest BCUT2D eigenvalue weighted by molar-refractivity contribution is 7.99. The fraction of sp³-hybridized carbons (Fsp3) is 0.857. The molecule has 0 spiro atoms. The average Bonchev–Trinajstić information content (AvgIpc) is 2.73. The van der Waals surface area contributed by atoms with Crippen LogP contribution in [0.25, 0.3) is 0 Å². The van der Waals surface area contributed by atoms with Crippen molar-refractivity contribution >= 4 is 11.8 Å². The molecule has 4 nitrogen and oxygen atoms in total. The molecule has 0 radical (unpaired) electrons. The molecule has 0 aliphatic rings. The van der Waals surface area contributed by atoms with Gasteiger partial charge in [0, 0.05) is 16.7 Å². The maximum Gasteiger partial charge on any atom is 0.229 e. The minimum atomic E-state index is 0.226. The van der Waals surface area contributed by atoms with Crippen LogP contribution in [-0.2, 0) is 5.75 Å². The number of aromatic nitrogens is 2. The smallest absolute Gasteiger partial charge is 0.229 e. The second kappa shape index (κ2) is 7.29. The molecule has 2 unspecified atom stereocenters. The molecule has 0 amide bonds. The first-order chi connectivity index (χ1) is 8.78. The molecule has 5 heteroatoms. The lowest BCUT2D eigenvalue weighted by atomic mass is 10.0. The molecular formula is C14H27N3OS. The van der Waals surface area contributed by atoms with Gasteiger partial charge in [0.25, 0.3) is 0 Å². The molecular weight excluding hydrogens is 258 g/mol. The van der Waals surface area contributed by atoms with Crippen molar-refractivity contribution in [2.45, 2.75) is 76.3 Å². The number of rotatable bonds is 7. The van der Waals surface area contributed by atoms with Crippen molar-refractivity contribution in [3.05, 3.63) is 11.7 Å². The summed E-state index contributed by atoms with van der Waals surface area (Å²) in [7, 11) is 0. The molecule has 0 aromatic carbocycles. The summed E-state index contributed by atoms with van der Waals surface area (Å²) in [5, 5.41) is 4.05. The van der Waals surface area contributed by atoms with E-state index in [0.29, 0.717) is 5.92 Å². The van der Waals surface area contributed by atoms with Crippen LogP contribution >= 0.6 is 11.8 Å². The van der Waals surface area contributed by atoms with Gasteiger partial charge in [-0.3, -0.25) is 0 Å². The molecule has 0 saturated heterocycles. The largest absolute Gasteiger partial charge is 0.339 e. The van der Waals surface area contributed by atoms with E-state index < -0.39 is 0 Å². The summed E-state index contributed by atoms with van der Waals surface area (Å²) < 4.78 is 5.57. The molecule has 2 atom stereocenters. The summed E-state index contributed by atoms with van der Waals surface area (Å²) in [6.07, 6.45) is 3.20. The Balaban J connectivity index is 2.40. The van der Waals surface area contributed by atoms with Crippen molar-refractivity contribution in [3.63, 3.8) is 0 Å². The van der Waals surface area contributed by atoms with Gasteiger partial charge in [-0.15, -0.1) is 11.8 Å². The predicted molar refractivity (Wildman–Crippen MR) is 81.3 cm³/mol. The summed E-state index contributed by atoms with van der Waals surface area (Å²) in [6, 6.07) is 0.272. The van der Waals surface area contributed by atoms with E-state index in [2.05, 4.69) is 37.8 Å². The standard InChI is InChI=1S/C14H27N3OS/c1-10(7-6-8-11(2)15)13-16-12(17-18-13)9-19-14(3,4)5/h10-11H,6-9,15H2,1-5H3. The van der Waals surface area contributed by atoms with E-state index in [1.807, 2.05) is 18.7 Å². The van der Waals surface area contributed by atoms with Gasteiger partial charge in [-0.25, -0.2) is 0 Å². The van der Waals surface area contributed by atoms with Gasteiger partial charge < -0.3 is 10.3 Å². The van der Waals surface area contributed by atoms with E-state index in [0.717, 1.165) is 36.7 Å². The van der Waals surface area contributed by atoms with Crippen LogP contribution in [-0.4, -0.2) is 20.9 Å².